The second-order valence-electron chi connectivity index (χ2n) is 7.14. The quantitative estimate of drug-likeness (QED) is 0.214. The van der Waals surface area contributed by atoms with Crippen molar-refractivity contribution in [3.05, 3.63) is 88.4 Å². The molecule has 0 heterocycles. The first kappa shape index (κ1) is 22.8. The number of guanidine groups is 1. The predicted molar refractivity (Wildman–Crippen MR) is 126 cm³/mol. The van der Waals surface area contributed by atoms with Crippen molar-refractivity contribution in [2.75, 3.05) is 5.32 Å². The number of aliphatic imine (C=N–C) groups is 1. The first-order chi connectivity index (χ1) is 15.3. The van der Waals surface area contributed by atoms with Crippen LogP contribution in [0.25, 0.3) is 0 Å². The molecule has 164 valence electrons. The molecule has 5 N–H and O–H groups in total. The highest BCUT2D eigenvalue weighted by molar-refractivity contribution is 6.31. The molecule has 7 nitrogen and oxygen atoms in total. The van der Waals surface area contributed by atoms with Crippen LogP contribution in [-0.2, 0) is 11.2 Å². The lowest BCUT2D eigenvalue weighted by atomic mass is 10.1. The van der Waals surface area contributed by atoms with Crippen LogP contribution in [0.3, 0.4) is 0 Å². The minimum Gasteiger partial charge on any atom is -0.423 e. The van der Waals surface area contributed by atoms with E-state index >= 15 is 0 Å². The number of nitrogens with zero attached hydrogens (tertiary/aromatic N) is 1. The Morgan fingerprint density at radius 3 is 2.31 bits per heavy atom. The van der Waals surface area contributed by atoms with E-state index in [2.05, 4.69) is 10.3 Å². The Balaban J connectivity index is 1.56. The summed E-state index contributed by atoms with van der Waals surface area (Å²) in [5.41, 5.74) is 14.2. The van der Waals surface area contributed by atoms with Crippen molar-refractivity contribution >= 4 is 40.8 Å². The summed E-state index contributed by atoms with van der Waals surface area (Å²) < 4.78 is 5.38. The number of aryl methyl sites for hydroxylation is 2. The minimum atomic E-state index is -0.539. The van der Waals surface area contributed by atoms with E-state index in [-0.39, 0.29) is 18.3 Å². The number of nitrogens with one attached hydrogen (secondary N) is 1. The van der Waals surface area contributed by atoms with Gasteiger partial charge < -0.3 is 21.5 Å². The van der Waals surface area contributed by atoms with Gasteiger partial charge in [-0.05, 0) is 67.4 Å². The van der Waals surface area contributed by atoms with Crippen LogP contribution in [0, 0.1) is 6.92 Å². The van der Waals surface area contributed by atoms with Crippen LogP contribution in [0.15, 0.2) is 71.7 Å². The van der Waals surface area contributed by atoms with Crippen molar-refractivity contribution in [3.8, 4) is 5.75 Å². The van der Waals surface area contributed by atoms with Crippen molar-refractivity contribution in [2.45, 2.75) is 19.8 Å². The minimum absolute atomic E-state index is 0.0670. The van der Waals surface area contributed by atoms with Gasteiger partial charge in [0.2, 0.25) is 5.91 Å². The number of benzene rings is 3. The van der Waals surface area contributed by atoms with Crippen LogP contribution in [0.1, 0.15) is 27.9 Å². The standard InChI is InChI=1S/C24H23ClN4O3/c1-15-2-8-18(9-3-15)28-22(30)13-7-16-6-12-20(14-21(16)25)32-23(31)17-4-10-19(11-5-17)29-24(26)27/h2-6,8-12,14H,7,13H2,1H3,(H,28,30)(H4,26,27,29). The van der Waals surface area contributed by atoms with Gasteiger partial charge in [-0.1, -0.05) is 35.4 Å². The number of ether oxygens (including phenoxy) is 1. The number of halogens is 1. The molecule has 0 saturated carbocycles. The number of nitrogens with two attached hydrogens (primary N) is 2. The number of anilines is 1. The monoisotopic (exact) mass is 450 g/mol. The van der Waals surface area contributed by atoms with E-state index in [9.17, 15) is 9.59 Å². The fourth-order valence-corrected chi connectivity index (χ4v) is 3.15. The molecule has 0 fully saturated rings. The molecule has 0 aliphatic heterocycles. The molecular formula is C24H23ClN4O3. The van der Waals surface area contributed by atoms with Gasteiger partial charge >= 0.3 is 5.97 Å². The summed E-state index contributed by atoms with van der Waals surface area (Å²) in [6, 6.07) is 18.9. The maximum atomic E-state index is 12.3. The zero-order valence-electron chi connectivity index (χ0n) is 17.5. The van der Waals surface area contributed by atoms with E-state index in [0.717, 1.165) is 16.8 Å². The largest absolute Gasteiger partial charge is 0.423 e. The van der Waals surface area contributed by atoms with E-state index in [4.69, 9.17) is 27.8 Å². The molecule has 0 aliphatic carbocycles. The van der Waals surface area contributed by atoms with Crippen LogP contribution >= 0.6 is 11.6 Å². The number of esters is 1. The first-order valence-electron chi connectivity index (χ1n) is 9.87. The summed E-state index contributed by atoms with van der Waals surface area (Å²) in [5, 5.41) is 3.27. The fraction of sp³-hybridized carbons (Fsp3) is 0.125. The molecule has 3 aromatic rings. The highest BCUT2D eigenvalue weighted by Gasteiger charge is 2.11. The molecule has 0 spiro atoms. The third-order valence-electron chi connectivity index (χ3n) is 4.55. The molecule has 0 saturated heterocycles. The molecule has 0 bridgehead atoms. The fourth-order valence-electron chi connectivity index (χ4n) is 2.89. The molecular weight excluding hydrogens is 428 g/mol. The third kappa shape index (κ3) is 6.58. The van der Waals surface area contributed by atoms with E-state index in [0.29, 0.717) is 28.4 Å². The van der Waals surface area contributed by atoms with Gasteiger partial charge in [0, 0.05) is 17.1 Å². The Morgan fingerprint density at radius 2 is 1.69 bits per heavy atom. The summed E-state index contributed by atoms with van der Waals surface area (Å²) in [6.07, 6.45) is 0.728. The summed E-state index contributed by atoms with van der Waals surface area (Å²) in [6.45, 7) is 1.99. The summed E-state index contributed by atoms with van der Waals surface area (Å²) >= 11 is 6.33. The van der Waals surface area contributed by atoms with Gasteiger partial charge in [0.15, 0.2) is 5.96 Å². The van der Waals surface area contributed by atoms with E-state index < -0.39 is 5.97 Å². The number of amides is 1. The maximum Gasteiger partial charge on any atom is 0.343 e. The lowest BCUT2D eigenvalue weighted by molar-refractivity contribution is -0.116. The molecule has 0 atom stereocenters. The second kappa shape index (κ2) is 10.5. The average molecular weight is 451 g/mol. The van der Waals surface area contributed by atoms with Crippen molar-refractivity contribution in [1.82, 2.24) is 0 Å². The van der Waals surface area contributed by atoms with Gasteiger partial charge in [0.1, 0.15) is 5.75 Å². The van der Waals surface area contributed by atoms with Crippen molar-refractivity contribution < 1.29 is 14.3 Å². The van der Waals surface area contributed by atoms with Gasteiger partial charge in [-0.2, -0.15) is 0 Å². The molecule has 1 amide bonds. The van der Waals surface area contributed by atoms with Gasteiger partial charge in [-0.15, -0.1) is 0 Å². The zero-order chi connectivity index (χ0) is 23.1. The maximum absolute atomic E-state index is 12.3. The zero-order valence-corrected chi connectivity index (χ0v) is 18.2. The van der Waals surface area contributed by atoms with Crippen LogP contribution in [0.4, 0.5) is 11.4 Å². The predicted octanol–water partition coefficient (Wildman–Crippen LogP) is 4.34. The molecule has 0 radical (unpaired) electrons. The smallest absolute Gasteiger partial charge is 0.343 e. The number of hydrogen-bond donors (Lipinski definition) is 3. The van der Waals surface area contributed by atoms with Crippen LogP contribution in [0.2, 0.25) is 5.02 Å². The Morgan fingerprint density at radius 1 is 1.00 bits per heavy atom. The van der Waals surface area contributed by atoms with Gasteiger partial charge in [-0.3, -0.25) is 4.79 Å². The molecule has 0 aliphatic rings. The van der Waals surface area contributed by atoms with Crippen molar-refractivity contribution in [1.29, 1.82) is 0 Å². The molecule has 8 heteroatoms. The van der Waals surface area contributed by atoms with Crippen LogP contribution in [-0.4, -0.2) is 17.8 Å². The first-order valence-corrected chi connectivity index (χ1v) is 10.2. The average Bonchev–Trinajstić information content (AvgIpc) is 2.75. The highest BCUT2D eigenvalue weighted by atomic mass is 35.5. The number of carbonyl (C=O) groups is 2. The molecule has 3 aromatic carbocycles. The van der Waals surface area contributed by atoms with Crippen molar-refractivity contribution in [2.24, 2.45) is 16.5 Å². The lowest BCUT2D eigenvalue weighted by Gasteiger charge is -2.09. The molecule has 0 unspecified atom stereocenters. The third-order valence-corrected chi connectivity index (χ3v) is 4.90. The normalized spacial score (nSPS) is 10.3. The Bertz CT molecular complexity index is 1140. The Labute approximate surface area is 191 Å². The summed E-state index contributed by atoms with van der Waals surface area (Å²) in [4.78, 5) is 28.4. The summed E-state index contributed by atoms with van der Waals surface area (Å²) in [7, 11) is 0. The molecule has 32 heavy (non-hydrogen) atoms. The van der Waals surface area contributed by atoms with Crippen LogP contribution in [0.5, 0.6) is 5.75 Å². The SMILES string of the molecule is Cc1ccc(NC(=O)CCc2ccc(OC(=O)c3ccc(N=C(N)N)cc3)cc2Cl)cc1. The van der Waals surface area contributed by atoms with Crippen molar-refractivity contribution in [3.63, 3.8) is 0 Å². The number of carbonyl (C=O) groups excluding carboxylic acids is 2. The van der Waals surface area contributed by atoms with Crippen LogP contribution < -0.4 is 21.5 Å². The van der Waals surface area contributed by atoms with Gasteiger partial charge in [0.05, 0.1) is 11.3 Å². The Kier molecular flexibility index (Phi) is 7.46. The molecule has 0 aromatic heterocycles. The summed E-state index contributed by atoms with van der Waals surface area (Å²) in [5.74, 6) is -0.406. The Hall–Kier alpha value is -3.84. The lowest BCUT2D eigenvalue weighted by Crippen LogP contribution is -2.21. The topological polar surface area (TPSA) is 120 Å². The molecule has 3 rings (SSSR count). The number of hydrogen-bond acceptors (Lipinski definition) is 4. The van der Waals surface area contributed by atoms with Gasteiger partial charge in [0.25, 0.3) is 0 Å². The number of rotatable bonds is 7. The second-order valence-corrected chi connectivity index (χ2v) is 7.55. The van der Waals surface area contributed by atoms with E-state index in [1.807, 2.05) is 31.2 Å². The highest BCUT2D eigenvalue weighted by Crippen LogP contribution is 2.25. The van der Waals surface area contributed by atoms with E-state index in [1.54, 1.807) is 42.5 Å². The van der Waals surface area contributed by atoms with E-state index in [1.165, 1.54) is 0 Å². The van der Waals surface area contributed by atoms with Gasteiger partial charge in [-0.25, -0.2) is 9.79 Å².